The van der Waals surface area contributed by atoms with E-state index in [0.29, 0.717) is 19.6 Å². The van der Waals surface area contributed by atoms with E-state index in [4.69, 9.17) is 5.11 Å². The number of carbonyl (C=O) groups is 1. The molecule has 1 amide bonds. The van der Waals surface area contributed by atoms with Crippen LogP contribution in [0.2, 0.25) is 0 Å². The van der Waals surface area contributed by atoms with Crippen LogP contribution in [-0.2, 0) is 11.2 Å². The van der Waals surface area contributed by atoms with Crippen LogP contribution in [0.1, 0.15) is 11.1 Å². The zero-order valence-corrected chi connectivity index (χ0v) is 11.1. The van der Waals surface area contributed by atoms with E-state index >= 15 is 0 Å². The first-order chi connectivity index (χ1) is 8.63. The lowest BCUT2D eigenvalue weighted by molar-refractivity contribution is -0.121. The maximum Gasteiger partial charge on any atom is 0.234 e. The molecule has 0 aromatic heterocycles. The number of amides is 1. The number of benzene rings is 1. The number of likely N-dealkylation sites (N-methyl/N-ethyl adjacent to an activating group) is 1. The van der Waals surface area contributed by atoms with Crippen LogP contribution >= 0.6 is 0 Å². The Hall–Kier alpha value is -1.39. The number of nitrogens with one attached hydrogen (secondary N) is 1. The summed E-state index contributed by atoms with van der Waals surface area (Å²) >= 11 is 0. The first-order valence-corrected chi connectivity index (χ1v) is 6.24. The van der Waals surface area contributed by atoms with Crippen molar-refractivity contribution in [3.05, 3.63) is 35.4 Å². The van der Waals surface area contributed by atoms with E-state index in [0.717, 1.165) is 6.42 Å². The smallest absolute Gasteiger partial charge is 0.234 e. The van der Waals surface area contributed by atoms with Gasteiger partial charge in [0.25, 0.3) is 0 Å². The molecule has 0 bridgehead atoms. The van der Waals surface area contributed by atoms with Crippen LogP contribution in [0.5, 0.6) is 0 Å². The van der Waals surface area contributed by atoms with Crippen LogP contribution in [0.25, 0.3) is 0 Å². The first-order valence-electron chi connectivity index (χ1n) is 6.24. The van der Waals surface area contributed by atoms with E-state index in [9.17, 15) is 4.79 Å². The lowest BCUT2D eigenvalue weighted by atomic mass is 10.1. The lowest BCUT2D eigenvalue weighted by Gasteiger charge is -2.14. The molecule has 0 aliphatic rings. The van der Waals surface area contributed by atoms with E-state index in [1.165, 1.54) is 11.1 Å². The maximum atomic E-state index is 11.6. The third-order valence-electron chi connectivity index (χ3n) is 2.87. The predicted molar refractivity (Wildman–Crippen MR) is 72.5 cm³/mol. The number of carbonyl (C=O) groups excluding carboxylic acids is 1. The molecule has 100 valence electrons. The molecule has 0 radical (unpaired) electrons. The molecule has 0 atom stereocenters. The van der Waals surface area contributed by atoms with E-state index < -0.39 is 0 Å². The summed E-state index contributed by atoms with van der Waals surface area (Å²) in [5.41, 5.74) is 2.52. The fourth-order valence-electron chi connectivity index (χ4n) is 1.78. The number of aryl methyl sites for hydroxylation is 1. The topological polar surface area (TPSA) is 52.6 Å². The van der Waals surface area contributed by atoms with Crippen LogP contribution in [-0.4, -0.2) is 49.2 Å². The maximum absolute atomic E-state index is 11.6. The molecule has 0 saturated carbocycles. The second-order valence-corrected chi connectivity index (χ2v) is 4.49. The van der Waals surface area contributed by atoms with Gasteiger partial charge in [-0.1, -0.05) is 24.3 Å². The van der Waals surface area contributed by atoms with Gasteiger partial charge in [-0.3, -0.25) is 9.69 Å². The summed E-state index contributed by atoms with van der Waals surface area (Å²) in [6, 6.07) is 8.19. The minimum Gasteiger partial charge on any atom is -0.395 e. The molecule has 0 fully saturated rings. The molecule has 0 unspecified atom stereocenters. The SMILES string of the molecule is Cc1ccccc1CCNC(=O)CN(C)CCO. The van der Waals surface area contributed by atoms with Gasteiger partial charge < -0.3 is 10.4 Å². The molecule has 0 aliphatic carbocycles. The molecule has 0 heterocycles. The number of aliphatic hydroxyl groups excluding tert-OH is 1. The zero-order chi connectivity index (χ0) is 13.4. The zero-order valence-electron chi connectivity index (χ0n) is 11.1. The summed E-state index contributed by atoms with van der Waals surface area (Å²) in [6.45, 7) is 3.65. The van der Waals surface area contributed by atoms with Crippen molar-refractivity contribution in [1.82, 2.24) is 10.2 Å². The van der Waals surface area contributed by atoms with Crippen molar-refractivity contribution in [1.29, 1.82) is 0 Å². The Labute approximate surface area is 109 Å². The average Bonchev–Trinajstić information content (AvgIpc) is 2.31. The highest BCUT2D eigenvalue weighted by Gasteiger charge is 2.05. The third kappa shape index (κ3) is 5.29. The van der Waals surface area contributed by atoms with Crippen molar-refractivity contribution >= 4 is 5.91 Å². The van der Waals surface area contributed by atoms with Gasteiger partial charge in [0, 0.05) is 13.1 Å². The molecule has 2 N–H and O–H groups in total. The molecule has 0 saturated heterocycles. The molecule has 1 rings (SSSR count). The van der Waals surface area contributed by atoms with Gasteiger partial charge in [-0.15, -0.1) is 0 Å². The Morgan fingerprint density at radius 2 is 2.11 bits per heavy atom. The Kier molecular flexibility index (Phi) is 6.39. The van der Waals surface area contributed by atoms with E-state index in [-0.39, 0.29) is 12.5 Å². The summed E-state index contributed by atoms with van der Waals surface area (Å²) < 4.78 is 0. The number of hydrogen-bond donors (Lipinski definition) is 2. The van der Waals surface area contributed by atoms with Gasteiger partial charge in [0.2, 0.25) is 5.91 Å². The molecule has 4 heteroatoms. The molecule has 0 spiro atoms. The second kappa shape index (κ2) is 7.84. The summed E-state index contributed by atoms with van der Waals surface area (Å²) in [5.74, 6) is -0.000431. The van der Waals surface area contributed by atoms with E-state index in [1.807, 2.05) is 19.2 Å². The van der Waals surface area contributed by atoms with E-state index in [1.54, 1.807) is 4.90 Å². The van der Waals surface area contributed by atoms with Gasteiger partial charge in [-0.2, -0.15) is 0 Å². The van der Waals surface area contributed by atoms with Crippen molar-refractivity contribution < 1.29 is 9.90 Å². The van der Waals surface area contributed by atoms with Crippen LogP contribution in [0, 0.1) is 6.92 Å². The second-order valence-electron chi connectivity index (χ2n) is 4.49. The minimum atomic E-state index is -0.000431. The van der Waals surface area contributed by atoms with Gasteiger partial charge in [0.15, 0.2) is 0 Å². The van der Waals surface area contributed by atoms with Crippen LogP contribution in [0.15, 0.2) is 24.3 Å². The van der Waals surface area contributed by atoms with Crippen molar-refractivity contribution in [3.63, 3.8) is 0 Å². The monoisotopic (exact) mass is 250 g/mol. The Bertz CT molecular complexity index is 380. The Morgan fingerprint density at radius 1 is 1.39 bits per heavy atom. The molecular formula is C14H22N2O2. The first kappa shape index (κ1) is 14.7. The molecule has 1 aromatic rings. The van der Waals surface area contributed by atoms with Gasteiger partial charge in [-0.25, -0.2) is 0 Å². The van der Waals surface area contributed by atoms with Gasteiger partial charge in [-0.05, 0) is 31.5 Å². The largest absolute Gasteiger partial charge is 0.395 e. The molecule has 18 heavy (non-hydrogen) atoms. The molecule has 1 aromatic carbocycles. The van der Waals surface area contributed by atoms with Crippen molar-refractivity contribution in [3.8, 4) is 0 Å². The third-order valence-corrected chi connectivity index (χ3v) is 2.87. The summed E-state index contributed by atoms with van der Waals surface area (Å²) in [7, 11) is 1.82. The number of rotatable bonds is 7. The quantitative estimate of drug-likeness (QED) is 0.744. The average molecular weight is 250 g/mol. The van der Waals surface area contributed by atoms with Gasteiger partial charge in [0.05, 0.1) is 13.2 Å². The minimum absolute atomic E-state index is 0.000431. The van der Waals surface area contributed by atoms with Crippen LogP contribution < -0.4 is 5.32 Å². The predicted octanol–water partition coefficient (Wildman–Crippen LogP) is 0.578. The number of nitrogens with zero attached hydrogens (tertiary/aromatic N) is 1. The van der Waals surface area contributed by atoms with Crippen LogP contribution in [0.4, 0.5) is 0 Å². The lowest BCUT2D eigenvalue weighted by Crippen LogP contribution is -2.37. The fourth-order valence-corrected chi connectivity index (χ4v) is 1.78. The van der Waals surface area contributed by atoms with Gasteiger partial charge >= 0.3 is 0 Å². The van der Waals surface area contributed by atoms with Crippen molar-refractivity contribution in [2.24, 2.45) is 0 Å². The summed E-state index contributed by atoms with van der Waals surface area (Å²) in [6.07, 6.45) is 0.849. The number of aliphatic hydroxyl groups is 1. The highest BCUT2D eigenvalue weighted by atomic mass is 16.3. The Morgan fingerprint density at radius 3 is 2.78 bits per heavy atom. The van der Waals surface area contributed by atoms with E-state index in [2.05, 4.69) is 24.4 Å². The number of hydrogen-bond acceptors (Lipinski definition) is 3. The van der Waals surface area contributed by atoms with Crippen LogP contribution in [0.3, 0.4) is 0 Å². The summed E-state index contributed by atoms with van der Waals surface area (Å²) in [5, 5.41) is 11.6. The molecular weight excluding hydrogens is 228 g/mol. The Balaban J connectivity index is 2.25. The fraction of sp³-hybridized carbons (Fsp3) is 0.500. The highest BCUT2D eigenvalue weighted by Crippen LogP contribution is 2.06. The molecule has 0 aliphatic heterocycles. The molecule has 4 nitrogen and oxygen atoms in total. The van der Waals surface area contributed by atoms with Crippen molar-refractivity contribution in [2.75, 3.05) is 33.3 Å². The van der Waals surface area contributed by atoms with Gasteiger partial charge in [0.1, 0.15) is 0 Å². The highest BCUT2D eigenvalue weighted by molar-refractivity contribution is 5.77. The van der Waals surface area contributed by atoms with Crippen molar-refractivity contribution in [2.45, 2.75) is 13.3 Å². The normalized spacial score (nSPS) is 10.7. The standard InChI is InChI=1S/C14H22N2O2/c1-12-5-3-4-6-13(12)7-8-15-14(18)11-16(2)9-10-17/h3-6,17H,7-11H2,1-2H3,(H,15,18). The summed E-state index contributed by atoms with van der Waals surface area (Å²) in [4.78, 5) is 13.4.